The van der Waals surface area contributed by atoms with E-state index in [1.807, 2.05) is 19.2 Å². The van der Waals surface area contributed by atoms with E-state index in [4.69, 9.17) is 5.11 Å². The second-order valence-corrected chi connectivity index (χ2v) is 4.23. The van der Waals surface area contributed by atoms with Gasteiger partial charge in [-0.1, -0.05) is 13.3 Å². The molecule has 96 valence electrons. The highest BCUT2D eigenvalue weighted by Gasteiger charge is 2.06. The zero-order chi connectivity index (χ0) is 12.5. The average molecular weight is 237 g/mol. The van der Waals surface area contributed by atoms with E-state index in [0.29, 0.717) is 5.92 Å². The van der Waals surface area contributed by atoms with Gasteiger partial charge in [0.05, 0.1) is 0 Å². The number of aliphatic hydroxyl groups excluding tert-OH is 1. The topological polar surface area (TPSA) is 57.2 Å². The Morgan fingerprint density at radius 1 is 1.41 bits per heavy atom. The number of nitrogens with one attached hydrogen (secondary N) is 2. The van der Waals surface area contributed by atoms with Gasteiger partial charge in [-0.2, -0.15) is 0 Å². The van der Waals surface area contributed by atoms with Crippen molar-refractivity contribution in [3.05, 3.63) is 18.3 Å². The van der Waals surface area contributed by atoms with Crippen molar-refractivity contribution in [2.45, 2.75) is 26.2 Å². The summed E-state index contributed by atoms with van der Waals surface area (Å²) in [5.41, 5.74) is 1.07. The maximum Gasteiger partial charge on any atom is 0.127 e. The van der Waals surface area contributed by atoms with Gasteiger partial charge < -0.3 is 15.7 Å². The van der Waals surface area contributed by atoms with Crippen LogP contribution in [-0.4, -0.2) is 30.3 Å². The summed E-state index contributed by atoms with van der Waals surface area (Å²) < 4.78 is 0. The highest BCUT2D eigenvalue weighted by atomic mass is 16.3. The summed E-state index contributed by atoms with van der Waals surface area (Å²) in [7, 11) is 1.86. The molecule has 0 aromatic carbocycles. The van der Waals surface area contributed by atoms with Gasteiger partial charge in [0.1, 0.15) is 5.82 Å². The van der Waals surface area contributed by atoms with Crippen molar-refractivity contribution in [3.63, 3.8) is 0 Å². The van der Waals surface area contributed by atoms with Gasteiger partial charge in [0.2, 0.25) is 0 Å². The maximum absolute atomic E-state index is 8.99. The van der Waals surface area contributed by atoms with E-state index in [1.54, 1.807) is 6.20 Å². The first kappa shape index (κ1) is 13.8. The molecule has 0 spiro atoms. The molecule has 0 fully saturated rings. The van der Waals surface area contributed by atoms with Crippen LogP contribution < -0.4 is 10.6 Å². The highest BCUT2D eigenvalue weighted by molar-refractivity contribution is 5.51. The van der Waals surface area contributed by atoms with Gasteiger partial charge in [-0.3, -0.25) is 0 Å². The van der Waals surface area contributed by atoms with E-state index >= 15 is 0 Å². The third-order valence-corrected chi connectivity index (χ3v) is 2.85. The molecule has 4 heteroatoms. The maximum atomic E-state index is 8.99. The predicted molar refractivity (Wildman–Crippen MR) is 72.4 cm³/mol. The Balaban J connectivity index is 2.46. The lowest BCUT2D eigenvalue weighted by molar-refractivity contribution is 0.255. The molecule has 0 bridgehead atoms. The van der Waals surface area contributed by atoms with Crippen LogP contribution in [0, 0.1) is 5.92 Å². The van der Waals surface area contributed by atoms with E-state index in [1.165, 1.54) is 0 Å². The summed E-state index contributed by atoms with van der Waals surface area (Å²) in [6.07, 6.45) is 4.96. The Labute approximate surface area is 103 Å². The minimum Gasteiger partial charge on any atom is -0.396 e. The minimum absolute atomic E-state index is 0.268. The van der Waals surface area contributed by atoms with Gasteiger partial charge in [0.15, 0.2) is 0 Å². The molecular weight excluding hydrogens is 214 g/mol. The molecule has 0 aliphatic heterocycles. The van der Waals surface area contributed by atoms with Crippen molar-refractivity contribution in [1.82, 2.24) is 4.98 Å². The fourth-order valence-electron chi connectivity index (χ4n) is 1.88. The average Bonchev–Trinajstić information content (AvgIpc) is 2.37. The van der Waals surface area contributed by atoms with Crippen molar-refractivity contribution < 1.29 is 5.11 Å². The number of anilines is 2. The first-order valence-corrected chi connectivity index (χ1v) is 6.28. The molecule has 17 heavy (non-hydrogen) atoms. The van der Waals surface area contributed by atoms with Gasteiger partial charge in [-0.05, 0) is 24.8 Å². The zero-order valence-electron chi connectivity index (χ0n) is 10.7. The molecule has 3 N–H and O–H groups in total. The van der Waals surface area contributed by atoms with Crippen molar-refractivity contribution >= 4 is 11.5 Å². The van der Waals surface area contributed by atoms with Crippen LogP contribution in [0.1, 0.15) is 26.2 Å². The standard InChI is InChI=1S/C13H23N3O/c1-3-4-11(6-8-17)10-16-12-5-7-15-13(9-12)14-2/h5,7,9,11,17H,3-4,6,8,10H2,1-2H3,(H2,14,15,16). The summed E-state index contributed by atoms with van der Waals surface area (Å²) in [5, 5.41) is 15.4. The Hall–Kier alpha value is -1.29. The lowest BCUT2D eigenvalue weighted by atomic mass is 10.0. The number of hydrogen-bond donors (Lipinski definition) is 3. The van der Waals surface area contributed by atoms with E-state index < -0.39 is 0 Å². The van der Waals surface area contributed by atoms with Crippen LogP contribution in [0.5, 0.6) is 0 Å². The van der Waals surface area contributed by atoms with Gasteiger partial charge in [0, 0.05) is 38.1 Å². The van der Waals surface area contributed by atoms with Gasteiger partial charge in [-0.25, -0.2) is 4.98 Å². The van der Waals surface area contributed by atoms with E-state index in [2.05, 4.69) is 22.5 Å². The molecule has 1 heterocycles. The van der Waals surface area contributed by atoms with Crippen molar-refractivity contribution in [3.8, 4) is 0 Å². The number of aliphatic hydroxyl groups is 1. The largest absolute Gasteiger partial charge is 0.396 e. The van der Waals surface area contributed by atoms with Crippen LogP contribution in [0.25, 0.3) is 0 Å². The summed E-state index contributed by atoms with van der Waals surface area (Å²) >= 11 is 0. The van der Waals surface area contributed by atoms with Crippen molar-refractivity contribution in [2.75, 3.05) is 30.8 Å². The fourth-order valence-corrected chi connectivity index (χ4v) is 1.88. The first-order valence-electron chi connectivity index (χ1n) is 6.28. The molecule has 4 nitrogen and oxygen atoms in total. The van der Waals surface area contributed by atoms with E-state index in [9.17, 15) is 0 Å². The molecule has 0 saturated carbocycles. The molecule has 0 aliphatic carbocycles. The van der Waals surface area contributed by atoms with Gasteiger partial charge in [0.25, 0.3) is 0 Å². The Morgan fingerprint density at radius 2 is 2.24 bits per heavy atom. The Bertz CT molecular complexity index is 311. The van der Waals surface area contributed by atoms with E-state index in [0.717, 1.165) is 37.3 Å². The number of hydrogen-bond acceptors (Lipinski definition) is 4. The number of aromatic nitrogens is 1. The summed E-state index contributed by atoms with van der Waals surface area (Å²) in [6, 6.07) is 3.95. The molecule has 0 radical (unpaired) electrons. The molecule has 0 aliphatic rings. The molecule has 1 unspecified atom stereocenters. The molecule has 1 atom stereocenters. The third-order valence-electron chi connectivity index (χ3n) is 2.85. The third kappa shape index (κ3) is 5.04. The minimum atomic E-state index is 0.268. The number of rotatable bonds is 8. The summed E-state index contributed by atoms with van der Waals surface area (Å²) in [6.45, 7) is 3.35. The molecule has 0 saturated heterocycles. The normalized spacial score (nSPS) is 12.2. The lowest BCUT2D eigenvalue weighted by Gasteiger charge is -2.16. The fraction of sp³-hybridized carbons (Fsp3) is 0.615. The number of pyridine rings is 1. The van der Waals surface area contributed by atoms with Crippen LogP contribution >= 0.6 is 0 Å². The Morgan fingerprint density at radius 3 is 2.88 bits per heavy atom. The molecule has 1 aromatic rings. The lowest BCUT2D eigenvalue weighted by Crippen LogP contribution is -2.15. The van der Waals surface area contributed by atoms with Crippen LogP contribution in [0.15, 0.2) is 18.3 Å². The second-order valence-electron chi connectivity index (χ2n) is 4.23. The van der Waals surface area contributed by atoms with E-state index in [-0.39, 0.29) is 6.61 Å². The second kappa shape index (κ2) is 7.90. The SMILES string of the molecule is CCCC(CCO)CNc1ccnc(NC)c1. The smallest absolute Gasteiger partial charge is 0.127 e. The Kier molecular flexibility index (Phi) is 6.40. The van der Waals surface area contributed by atoms with Crippen LogP contribution in [0.4, 0.5) is 11.5 Å². The summed E-state index contributed by atoms with van der Waals surface area (Å²) in [5.74, 6) is 1.40. The number of nitrogens with zero attached hydrogens (tertiary/aromatic N) is 1. The quantitative estimate of drug-likeness (QED) is 0.649. The van der Waals surface area contributed by atoms with Gasteiger partial charge >= 0.3 is 0 Å². The summed E-state index contributed by atoms with van der Waals surface area (Å²) in [4.78, 5) is 4.17. The van der Waals surface area contributed by atoms with Crippen LogP contribution in [0.3, 0.4) is 0 Å². The monoisotopic (exact) mass is 237 g/mol. The molecule has 1 rings (SSSR count). The van der Waals surface area contributed by atoms with Crippen LogP contribution in [-0.2, 0) is 0 Å². The first-order chi connectivity index (χ1) is 8.30. The molecule has 0 amide bonds. The molecular formula is C13H23N3O. The van der Waals surface area contributed by atoms with Crippen molar-refractivity contribution in [2.24, 2.45) is 5.92 Å². The highest BCUT2D eigenvalue weighted by Crippen LogP contribution is 2.15. The van der Waals surface area contributed by atoms with Gasteiger partial charge in [-0.15, -0.1) is 0 Å². The predicted octanol–water partition coefficient (Wildman–Crippen LogP) is 2.33. The zero-order valence-corrected chi connectivity index (χ0v) is 10.7. The van der Waals surface area contributed by atoms with Crippen molar-refractivity contribution in [1.29, 1.82) is 0 Å². The van der Waals surface area contributed by atoms with Crippen LogP contribution in [0.2, 0.25) is 0 Å². The molecule has 1 aromatic heterocycles.